The van der Waals surface area contributed by atoms with Crippen molar-refractivity contribution in [2.75, 3.05) is 20.8 Å². The molecule has 1 amide bonds. The molecule has 1 aromatic rings. The molecule has 0 saturated heterocycles. The standard InChI is InChI=1S/C12H16N2O5/c1-8(7-19-3)13(2)12(16)10-6-9(15)4-5-11(10)14(17)18/h4-6,8,15H,7H2,1-3H3. The highest BCUT2D eigenvalue weighted by atomic mass is 16.6. The van der Waals surface area contributed by atoms with Gasteiger partial charge >= 0.3 is 0 Å². The molecule has 0 radical (unpaired) electrons. The molecule has 0 spiro atoms. The molecule has 19 heavy (non-hydrogen) atoms. The molecule has 1 N–H and O–H groups in total. The van der Waals surface area contributed by atoms with Gasteiger partial charge in [-0.25, -0.2) is 0 Å². The van der Waals surface area contributed by atoms with Crippen LogP contribution >= 0.6 is 0 Å². The van der Waals surface area contributed by atoms with E-state index < -0.39 is 10.8 Å². The van der Waals surface area contributed by atoms with Gasteiger partial charge in [-0.05, 0) is 19.1 Å². The van der Waals surface area contributed by atoms with Crippen molar-refractivity contribution >= 4 is 11.6 Å². The summed E-state index contributed by atoms with van der Waals surface area (Å²) in [6, 6.07) is 3.14. The van der Waals surface area contributed by atoms with Gasteiger partial charge in [0.05, 0.1) is 17.6 Å². The zero-order chi connectivity index (χ0) is 14.6. The number of phenolic OH excluding ortho intramolecular Hbond substituents is 1. The monoisotopic (exact) mass is 268 g/mol. The van der Waals surface area contributed by atoms with Crippen LogP contribution in [-0.2, 0) is 4.74 Å². The van der Waals surface area contributed by atoms with Crippen LogP contribution in [0.25, 0.3) is 0 Å². The maximum atomic E-state index is 12.2. The molecule has 104 valence electrons. The minimum Gasteiger partial charge on any atom is -0.508 e. The first-order valence-corrected chi connectivity index (χ1v) is 5.62. The second-order valence-corrected chi connectivity index (χ2v) is 4.18. The summed E-state index contributed by atoms with van der Waals surface area (Å²) in [5.74, 6) is -0.728. The molecular formula is C12H16N2O5. The normalized spacial score (nSPS) is 11.9. The van der Waals surface area contributed by atoms with Crippen molar-refractivity contribution in [1.82, 2.24) is 4.90 Å². The van der Waals surface area contributed by atoms with Crippen LogP contribution in [0.3, 0.4) is 0 Å². The molecule has 0 aliphatic rings. The van der Waals surface area contributed by atoms with E-state index in [1.54, 1.807) is 6.92 Å². The molecule has 1 unspecified atom stereocenters. The van der Waals surface area contributed by atoms with Crippen molar-refractivity contribution in [1.29, 1.82) is 0 Å². The van der Waals surface area contributed by atoms with E-state index in [4.69, 9.17) is 4.74 Å². The number of likely N-dealkylation sites (N-methyl/N-ethyl adjacent to an activating group) is 1. The minimum atomic E-state index is -0.651. The van der Waals surface area contributed by atoms with Crippen LogP contribution in [0.4, 0.5) is 5.69 Å². The lowest BCUT2D eigenvalue weighted by atomic mass is 10.1. The van der Waals surface area contributed by atoms with Gasteiger partial charge in [0, 0.05) is 20.2 Å². The molecule has 0 bridgehead atoms. The molecule has 1 atom stereocenters. The van der Waals surface area contributed by atoms with E-state index in [9.17, 15) is 20.0 Å². The van der Waals surface area contributed by atoms with Crippen molar-refractivity contribution in [2.24, 2.45) is 0 Å². The summed E-state index contributed by atoms with van der Waals surface area (Å²) in [5.41, 5.74) is -0.477. The summed E-state index contributed by atoms with van der Waals surface area (Å²) in [7, 11) is 3.03. The minimum absolute atomic E-state index is 0.143. The summed E-state index contributed by atoms with van der Waals surface area (Å²) in [6.07, 6.45) is 0. The number of amides is 1. The second kappa shape index (κ2) is 6.14. The SMILES string of the molecule is COCC(C)N(C)C(=O)c1cc(O)ccc1[N+](=O)[O-]. The quantitative estimate of drug-likeness (QED) is 0.643. The number of ether oxygens (including phenoxy) is 1. The van der Waals surface area contributed by atoms with Gasteiger partial charge in [0.15, 0.2) is 0 Å². The Morgan fingerprint density at radius 3 is 2.74 bits per heavy atom. The summed E-state index contributed by atoms with van der Waals surface area (Å²) in [4.78, 5) is 23.8. The van der Waals surface area contributed by atoms with Gasteiger partial charge in [0.1, 0.15) is 11.3 Å². The van der Waals surface area contributed by atoms with Crippen LogP contribution in [0.1, 0.15) is 17.3 Å². The Labute approximate surface area is 110 Å². The maximum absolute atomic E-state index is 12.2. The number of rotatable bonds is 5. The van der Waals surface area contributed by atoms with Crippen molar-refractivity contribution in [3.8, 4) is 5.75 Å². The first-order chi connectivity index (χ1) is 8.88. The lowest BCUT2D eigenvalue weighted by Crippen LogP contribution is -2.38. The Balaban J connectivity index is 3.11. The fraction of sp³-hybridized carbons (Fsp3) is 0.417. The number of phenols is 1. The fourth-order valence-electron chi connectivity index (χ4n) is 1.60. The third-order valence-corrected chi connectivity index (χ3v) is 2.80. The Hall–Kier alpha value is -2.15. The van der Waals surface area contributed by atoms with Gasteiger partial charge in [-0.2, -0.15) is 0 Å². The smallest absolute Gasteiger partial charge is 0.282 e. The molecular weight excluding hydrogens is 252 g/mol. The molecule has 0 fully saturated rings. The second-order valence-electron chi connectivity index (χ2n) is 4.18. The van der Waals surface area contributed by atoms with Crippen LogP contribution in [0, 0.1) is 10.1 Å². The number of benzene rings is 1. The van der Waals surface area contributed by atoms with E-state index in [0.717, 1.165) is 12.1 Å². The third-order valence-electron chi connectivity index (χ3n) is 2.80. The molecule has 1 rings (SSSR count). The summed E-state index contributed by atoms with van der Waals surface area (Å²) >= 11 is 0. The molecule has 7 nitrogen and oxygen atoms in total. The van der Waals surface area contributed by atoms with E-state index in [0.29, 0.717) is 6.61 Å². The van der Waals surface area contributed by atoms with Crippen LogP contribution in [-0.4, -0.2) is 47.6 Å². The van der Waals surface area contributed by atoms with Crippen LogP contribution in [0.2, 0.25) is 0 Å². The van der Waals surface area contributed by atoms with Gasteiger partial charge < -0.3 is 14.7 Å². The Bertz CT molecular complexity index is 489. The number of aromatic hydroxyl groups is 1. The predicted octanol–water partition coefficient (Wildman–Crippen LogP) is 1.41. The Morgan fingerprint density at radius 1 is 1.58 bits per heavy atom. The number of methoxy groups -OCH3 is 1. The first-order valence-electron chi connectivity index (χ1n) is 5.62. The molecule has 7 heteroatoms. The number of nitrogens with zero attached hydrogens (tertiary/aromatic N) is 2. The summed E-state index contributed by atoms with van der Waals surface area (Å²) in [6.45, 7) is 2.07. The van der Waals surface area contributed by atoms with Crippen molar-refractivity contribution in [2.45, 2.75) is 13.0 Å². The first kappa shape index (κ1) is 14.9. The number of hydrogen-bond donors (Lipinski definition) is 1. The van der Waals surface area contributed by atoms with E-state index in [-0.39, 0.29) is 23.0 Å². The largest absolute Gasteiger partial charge is 0.508 e. The zero-order valence-corrected chi connectivity index (χ0v) is 11.0. The van der Waals surface area contributed by atoms with Crippen LogP contribution in [0.15, 0.2) is 18.2 Å². The number of nitro benzene ring substituents is 1. The average molecular weight is 268 g/mol. The predicted molar refractivity (Wildman–Crippen MR) is 68.2 cm³/mol. The van der Waals surface area contributed by atoms with Gasteiger partial charge in [-0.3, -0.25) is 14.9 Å². The van der Waals surface area contributed by atoms with Crippen molar-refractivity contribution in [3.63, 3.8) is 0 Å². The molecule has 1 aromatic carbocycles. The van der Waals surface area contributed by atoms with Gasteiger partial charge in [-0.1, -0.05) is 0 Å². The topological polar surface area (TPSA) is 92.9 Å². The van der Waals surface area contributed by atoms with Gasteiger partial charge in [0.2, 0.25) is 0 Å². The van der Waals surface area contributed by atoms with Gasteiger partial charge in [0.25, 0.3) is 11.6 Å². The van der Waals surface area contributed by atoms with E-state index in [1.165, 1.54) is 25.1 Å². The van der Waals surface area contributed by atoms with E-state index >= 15 is 0 Å². The molecule has 0 aliphatic heterocycles. The van der Waals surface area contributed by atoms with Gasteiger partial charge in [-0.15, -0.1) is 0 Å². The highest BCUT2D eigenvalue weighted by Gasteiger charge is 2.25. The van der Waals surface area contributed by atoms with Crippen LogP contribution in [0.5, 0.6) is 5.75 Å². The Morgan fingerprint density at radius 2 is 2.21 bits per heavy atom. The summed E-state index contributed by atoms with van der Waals surface area (Å²) < 4.78 is 4.94. The van der Waals surface area contributed by atoms with Crippen LogP contribution < -0.4 is 0 Å². The third kappa shape index (κ3) is 3.41. The van der Waals surface area contributed by atoms with E-state index in [1.807, 2.05) is 0 Å². The Kier molecular flexibility index (Phi) is 4.82. The number of nitro groups is 1. The molecule has 0 saturated carbocycles. The highest BCUT2D eigenvalue weighted by molar-refractivity contribution is 5.98. The zero-order valence-electron chi connectivity index (χ0n) is 11.0. The lowest BCUT2D eigenvalue weighted by Gasteiger charge is -2.24. The number of hydrogen-bond acceptors (Lipinski definition) is 5. The molecule has 0 aromatic heterocycles. The fourth-order valence-corrected chi connectivity index (χ4v) is 1.60. The summed E-state index contributed by atoms with van der Waals surface area (Å²) in [5, 5.41) is 20.3. The molecule has 0 heterocycles. The lowest BCUT2D eigenvalue weighted by molar-refractivity contribution is -0.385. The average Bonchev–Trinajstić information content (AvgIpc) is 2.36. The van der Waals surface area contributed by atoms with Crippen molar-refractivity contribution < 1.29 is 19.6 Å². The molecule has 0 aliphatic carbocycles. The highest BCUT2D eigenvalue weighted by Crippen LogP contribution is 2.24. The number of carbonyl (C=O) groups is 1. The maximum Gasteiger partial charge on any atom is 0.282 e. The van der Waals surface area contributed by atoms with Crippen molar-refractivity contribution in [3.05, 3.63) is 33.9 Å². The van der Waals surface area contributed by atoms with E-state index in [2.05, 4.69) is 0 Å². The number of carbonyl (C=O) groups excluding carboxylic acids is 1.